The molecule has 0 aliphatic heterocycles. The molecule has 1 amide bonds. The van der Waals surface area contributed by atoms with E-state index in [0.29, 0.717) is 23.7 Å². The number of nitrogens with one attached hydrogen (secondary N) is 1. The Hall–Kier alpha value is -1.18. The van der Waals surface area contributed by atoms with E-state index in [-0.39, 0.29) is 0 Å². The number of carbonyl (C=O) groups excluding carboxylic acids is 1. The maximum atomic E-state index is 11.3. The van der Waals surface area contributed by atoms with Gasteiger partial charge in [-0.15, -0.1) is 0 Å². The number of rotatable bonds is 3. The zero-order valence-electron chi connectivity index (χ0n) is 9.04. The number of nitrogens with two attached hydrogens (primary N) is 1. The van der Waals surface area contributed by atoms with Crippen molar-refractivity contribution in [1.29, 1.82) is 0 Å². The summed E-state index contributed by atoms with van der Waals surface area (Å²) in [5.74, 6) is 0.506. The van der Waals surface area contributed by atoms with Gasteiger partial charge in [-0.3, -0.25) is 5.32 Å². The molecule has 3 N–H and O–H groups in total. The first-order valence-electron chi connectivity index (χ1n) is 4.65. The lowest BCUT2D eigenvalue weighted by Gasteiger charge is -2.11. The van der Waals surface area contributed by atoms with E-state index >= 15 is 0 Å². The molecule has 0 spiro atoms. The highest BCUT2D eigenvalue weighted by atomic mass is 127. The van der Waals surface area contributed by atoms with Crippen molar-refractivity contribution in [3.8, 4) is 5.75 Å². The molecule has 0 aliphatic carbocycles. The second kappa shape index (κ2) is 5.78. The molecule has 0 saturated carbocycles. The second-order valence-electron chi connectivity index (χ2n) is 2.92. The standard InChI is InChI=1S/C10H13IN2O3/c1-3-16-10(14)13-8-4-6(11)7(12)5-9(8)15-2/h4-5H,3,12H2,1-2H3,(H,13,14). The van der Waals surface area contributed by atoms with Crippen molar-refractivity contribution < 1.29 is 14.3 Å². The van der Waals surface area contributed by atoms with E-state index in [4.69, 9.17) is 15.2 Å². The van der Waals surface area contributed by atoms with Crippen LogP contribution >= 0.6 is 22.6 Å². The van der Waals surface area contributed by atoms with Gasteiger partial charge in [0, 0.05) is 15.3 Å². The first-order chi connectivity index (χ1) is 7.58. The Balaban J connectivity index is 2.94. The fourth-order valence-corrected chi connectivity index (χ4v) is 1.58. The normalized spacial score (nSPS) is 9.69. The number of ether oxygens (including phenoxy) is 2. The minimum Gasteiger partial charge on any atom is -0.494 e. The molecule has 0 aliphatic rings. The first kappa shape index (κ1) is 12.9. The molecule has 0 aromatic heterocycles. The number of methoxy groups -OCH3 is 1. The van der Waals surface area contributed by atoms with E-state index in [1.54, 1.807) is 19.1 Å². The molecule has 1 aromatic carbocycles. The zero-order valence-corrected chi connectivity index (χ0v) is 11.2. The van der Waals surface area contributed by atoms with E-state index in [0.717, 1.165) is 3.57 Å². The predicted octanol–water partition coefficient (Wildman–Crippen LogP) is 2.45. The molecule has 0 bridgehead atoms. The van der Waals surface area contributed by atoms with Crippen LogP contribution in [0.2, 0.25) is 0 Å². The third-order valence-electron chi connectivity index (χ3n) is 1.83. The lowest BCUT2D eigenvalue weighted by molar-refractivity contribution is 0.168. The third-order valence-corrected chi connectivity index (χ3v) is 2.77. The Morgan fingerprint density at radius 1 is 1.56 bits per heavy atom. The van der Waals surface area contributed by atoms with Gasteiger partial charge in [-0.1, -0.05) is 0 Å². The summed E-state index contributed by atoms with van der Waals surface area (Å²) >= 11 is 2.08. The van der Waals surface area contributed by atoms with Crippen molar-refractivity contribution in [3.63, 3.8) is 0 Å². The van der Waals surface area contributed by atoms with Gasteiger partial charge in [0.05, 0.1) is 19.4 Å². The van der Waals surface area contributed by atoms with Crippen LogP contribution in [-0.2, 0) is 4.74 Å². The molecular weight excluding hydrogens is 323 g/mol. The quantitative estimate of drug-likeness (QED) is 0.657. The van der Waals surface area contributed by atoms with Gasteiger partial charge in [0.25, 0.3) is 0 Å². The summed E-state index contributed by atoms with van der Waals surface area (Å²) in [6.07, 6.45) is -0.513. The number of anilines is 2. The van der Waals surface area contributed by atoms with Crippen LogP contribution in [-0.4, -0.2) is 19.8 Å². The SMILES string of the molecule is CCOC(=O)Nc1cc(I)c(N)cc1OC. The van der Waals surface area contributed by atoms with Crippen molar-refractivity contribution >= 4 is 40.1 Å². The molecule has 88 valence electrons. The van der Waals surface area contributed by atoms with Crippen LogP contribution in [0.3, 0.4) is 0 Å². The number of amides is 1. The van der Waals surface area contributed by atoms with E-state index in [9.17, 15) is 4.79 Å². The number of nitrogen functional groups attached to an aromatic ring is 1. The maximum absolute atomic E-state index is 11.3. The van der Waals surface area contributed by atoms with Crippen LogP contribution in [0.4, 0.5) is 16.2 Å². The molecule has 1 rings (SSSR count). The van der Waals surface area contributed by atoms with Crippen LogP contribution in [0, 0.1) is 3.57 Å². The molecule has 6 heteroatoms. The van der Waals surface area contributed by atoms with Crippen LogP contribution < -0.4 is 15.8 Å². The van der Waals surface area contributed by atoms with Gasteiger partial charge >= 0.3 is 6.09 Å². The summed E-state index contributed by atoms with van der Waals surface area (Å²) in [5.41, 5.74) is 6.87. The molecule has 1 aromatic rings. The Kier molecular flexibility index (Phi) is 4.66. The Bertz CT molecular complexity index is 396. The monoisotopic (exact) mass is 336 g/mol. The van der Waals surface area contributed by atoms with E-state index in [2.05, 4.69) is 27.9 Å². The summed E-state index contributed by atoms with van der Waals surface area (Å²) in [5, 5.41) is 2.58. The summed E-state index contributed by atoms with van der Waals surface area (Å²) in [6, 6.07) is 3.38. The maximum Gasteiger partial charge on any atom is 0.411 e. The fraction of sp³-hybridized carbons (Fsp3) is 0.300. The average molecular weight is 336 g/mol. The largest absolute Gasteiger partial charge is 0.494 e. The van der Waals surface area contributed by atoms with E-state index in [1.165, 1.54) is 7.11 Å². The van der Waals surface area contributed by atoms with E-state index in [1.807, 2.05) is 0 Å². The van der Waals surface area contributed by atoms with Gasteiger partial charge in [0.2, 0.25) is 0 Å². The fourth-order valence-electron chi connectivity index (χ4n) is 1.11. The minimum atomic E-state index is -0.513. The topological polar surface area (TPSA) is 73.6 Å². The number of benzene rings is 1. The second-order valence-corrected chi connectivity index (χ2v) is 4.08. The number of hydrogen-bond donors (Lipinski definition) is 2. The van der Waals surface area contributed by atoms with Crippen molar-refractivity contribution in [2.45, 2.75) is 6.92 Å². The van der Waals surface area contributed by atoms with Gasteiger partial charge in [-0.2, -0.15) is 0 Å². The predicted molar refractivity (Wildman–Crippen MR) is 70.8 cm³/mol. The molecule has 16 heavy (non-hydrogen) atoms. The van der Waals surface area contributed by atoms with Crippen molar-refractivity contribution in [2.75, 3.05) is 24.8 Å². The summed E-state index contributed by atoms with van der Waals surface area (Å²) in [6.45, 7) is 2.06. The molecule has 5 nitrogen and oxygen atoms in total. The van der Waals surface area contributed by atoms with Crippen LogP contribution in [0.25, 0.3) is 0 Å². The lowest BCUT2D eigenvalue weighted by atomic mass is 10.2. The van der Waals surface area contributed by atoms with Crippen LogP contribution in [0.15, 0.2) is 12.1 Å². The highest BCUT2D eigenvalue weighted by Crippen LogP contribution is 2.30. The highest BCUT2D eigenvalue weighted by molar-refractivity contribution is 14.1. The summed E-state index contributed by atoms with van der Waals surface area (Å²) in [4.78, 5) is 11.3. The van der Waals surface area contributed by atoms with Gasteiger partial charge in [-0.25, -0.2) is 4.79 Å². The zero-order chi connectivity index (χ0) is 12.1. The molecule has 0 radical (unpaired) electrons. The van der Waals surface area contributed by atoms with Gasteiger partial charge in [-0.05, 0) is 35.6 Å². The summed E-state index contributed by atoms with van der Waals surface area (Å²) in [7, 11) is 1.51. The van der Waals surface area contributed by atoms with Gasteiger partial charge in [0.1, 0.15) is 5.75 Å². The van der Waals surface area contributed by atoms with Crippen LogP contribution in [0.1, 0.15) is 6.92 Å². The van der Waals surface area contributed by atoms with E-state index < -0.39 is 6.09 Å². The molecule has 0 unspecified atom stereocenters. The first-order valence-corrected chi connectivity index (χ1v) is 5.73. The smallest absolute Gasteiger partial charge is 0.411 e. The highest BCUT2D eigenvalue weighted by Gasteiger charge is 2.10. The molecule has 0 atom stereocenters. The lowest BCUT2D eigenvalue weighted by Crippen LogP contribution is -2.14. The average Bonchev–Trinajstić information content (AvgIpc) is 2.23. The van der Waals surface area contributed by atoms with Gasteiger partial charge < -0.3 is 15.2 Å². The molecule has 0 heterocycles. The number of hydrogen-bond acceptors (Lipinski definition) is 4. The summed E-state index contributed by atoms with van der Waals surface area (Å²) < 4.78 is 10.7. The van der Waals surface area contributed by atoms with Gasteiger partial charge in [0.15, 0.2) is 0 Å². The number of carbonyl (C=O) groups is 1. The Morgan fingerprint density at radius 3 is 2.81 bits per heavy atom. The molecule has 0 fully saturated rings. The third kappa shape index (κ3) is 3.16. The Labute approximate surface area is 107 Å². The van der Waals surface area contributed by atoms with Crippen LogP contribution in [0.5, 0.6) is 5.75 Å². The molecule has 0 saturated heterocycles. The Morgan fingerprint density at radius 2 is 2.25 bits per heavy atom. The van der Waals surface area contributed by atoms with Crippen molar-refractivity contribution in [3.05, 3.63) is 15.7 Å². The minimum absolute atomic E-state index is 0.320. The van der Waals surface area contributed by atoms with Crippen molar-refractivity contribution in [2.24, 2.45) is 0 Å². The molecular formula is C10H13IN2O3. The van der Waals surface area contributed by atoms with Crippen molar-refractivity contribution in [1.82, 2.24) is 0 Å². The number of halogens is 1.